The van der Waals surface area contributed by atoms with Crippen LogP contribution in [0.3, 0.4) is 0 Å². The van der Waals surface area contributed by atoms with Crippen molar-refractivity contribution in [1.29, 1.82) is 0 Å². The average molecular weight is 279 g/mol. The van der Waals surface area contributed by atoms with Gasteiger partial charge in [-0.25, -0.2) is 0 Å². The SMILES string of the molecule is CC1C(c2ccccc2)OC(/C=C/c2ccccc2)N1C. The number of likely N-dealkylation sites (N-methyl/N-ethyl adjacent to an activating group) is 1. The Hall–Kier alpha value is -1.90. The first kappa shape index (κ1) is 14.1. The van der Waals surface area contributed by atoms with Crippen molar-refractivity contribution in [2.24, 2.45) is 0 Å². The third-order valence-corrected chi connectivity index (χ3v) is 4.15. The smallest absolute Gasteiger partial charge is 0.131 e. The second-order valence-electron chi connectivity index (χ2n) is 5.53. The number of nitrogens with zero attached hydrogens (tertiary/aromatic N) is 1. The van der Waals surface area contributed by atoms with Gasteiger partial charge in [-0.05, 0) is 31.2 Å². The maximum Gasteiger partial charge on any atom is 0.131 e. The fourth-order valence-corrected chi connectivity index (χ4v) is 2.74. The van der Waals surface area contributed by atoms with Gasteiger partial charge in [-0.1, -0.05) is 66.7 Å². The van der Waals surface area contributed by atoms with Crippen LogP contribution in [0.2, 0.25) is 0 Å². The Bertz CT molecular complexity index is 593. The minimum atomic E-state index is 0.0189. The molecule has 21 heavy (non-hydrogen) atoms. The first-order valence-electron chi connectivity index (χ1n) is 7.41. The lowest BCUT2D eigenvalue weighted by molar-refractivity contribution is 0.0412. The Balaban J connectivity index is 1.75. The highest BCUT2D eigenvalue weighted by atomic mass is 16.5. The molecule has 0 bridgehead atoms. The molecule has 0 spiro atoms. The summed E-state index contributed by atoms with van der Waals surface area (Å²) in [5, 5.41) is 0. The van der Waals surface area contributed by atoms with Crippen LogP contribution < -0.4 is 0 Å². The summed E-state index contributed by atoms with van der Waals surface area (Å²) < 4.78 is 6.23. The van der Waals surface area contributed by atoms with Crippen LogP contribution in [-0.4, -0.2) is 24.2 Å². The van der Waals surface area contributed by atoms with Crippen molar-refractivity contribution in [3.8, 4) is 0 Å². The van der Waals surface area contributed by atoms with Crippen molar-refractivity contribution in [3.05, 3.63) is 77.9 Å². The van der Waals surface area contributed by atoms with E-state index < -0.39 is 0 Å². The number of benzene rings is 2. The van der Waals surface area contributed by atoms with E-state index in [1.165, 1.54) is 11.1 Å². The molecule has 1 saturated heterocycles. The van der Waals surface area contributed by atoms with Gasteiger partial charge in [-0.3, -0.25) is 4.90 Å². The Labute approximate surface area is 126 Å². The third kappa shape index (κ3) is 3.07. The van der Waals surface area contributed by atoms with E-state index in [-0.39, 0.29) is 12.3 Å². The Morgan fingerprint density at radius 1 is 0.952 bits per heavy atom. The standard InChI is InChI=1S/C19H21NO/c1-15-19(17-11-7-4-8-12-17)21-18(20(15)2)14-13-16-9-5-3-6-10-16/h3-15,18-19H,1-2H3/b14-13+. The number of rotatable bonds is 3. The Morgan fingerprint density at radius 3 is 2.24 bits per heavy atom. The van der Waals surface area contributed by atoms with Crippen LogP contribution in [0.1, 0.15) is 24.2 Å². The summed E-state index contributed by atoms with van der Waals surface area (Å²) in [6.07, 6.45) is 4.41. The molecule has 0 aromatic heterocycles. The second-order valence-corrected chi connectivity index (χ2v) is 5.53. The van der Waals surface area contributed by atoms with Gasteiger partial charge < -0.3 is 4.74 Å². The van der Waals surface area contributed by atoms with E-state index in [1.807, 2.05) is 24.3 Å². The van der Waals surface area contributed by atoms with Gasteiger partial charge in [0.2, 0.25) is 0 Å². The molecule has 2 heteroatoms. The van der Waals surface area contributed by atoms with Gasteiger partial charge in [0.05, 0.1) is 0 Å². The van der Waals surface area contributed by atoms with Crippen LogP contribution in [0, 0.1) is 0 Å². The van der Waals surface area contributed by atoms with E-state index in [0.717, 1.165) is 0 Å². The summed E-state index contributed by atoms with van der Waals surface area (Å²) >= 11 is 0. The van der Waals surface area contributed by atoms with Gasteiger partial charge in [-0.2, -0.15) is 0 Å². The monoisotopic (exact) mass is 279 g/mol. The van der Waals surface area contributed by atoms with Crippen LogP contribution in [0.25, 0.3) is 6.08 Å². The zero-order chi connectivity index (χ0) is 14.7. The van der Waals surface area contributed by atoms with E-state index in [1.54, 1.807) is 0 Å². The summed E-state index contributed by atoms with van der Waals surface area (Å²) in [6, 6.07) is 21.1. The highest BCUT2D eigenvalue weighted by Crippen LogP contribution is 2.34. The Kier molecular flexibility index (Phi) is 4.18. The van der Waals surface area contributed by atoms with Gasteiger partial charge >= 0.3 is 0 Å². The fraction of sp³-hybridized carbons (Fsp3) is 0.263. The fourth-order valence-electron chi connectivity index (χ4n) is 2.74. The molecule has 3 unspecified atom stereocenters. The summed E-state index contributed by atoms with van der Waals surface area (Å²) in [5.74, 6) is 0. The van der Waals surface area contributed by atoms with E-state index >= 15 is 0 Å². The number of hydrogen-bond donors (Lipinski definition) is 0. The van der Waals surface area contributed by atoms with E-state index in [0.29, 0.717) is 6.04 Å². The van der Waals surface area contributed by atoms with Crippen molar-refractivity contribution in [1.82, 2.24) is 4.90 Å². The minimum absolute atomic E-state index is 0.0189. The predicted octanol–water partition coefficient (Wildman–Crippen LogP) is 4.12. The zero-order valence-electron chi connectivity index (χ0n) is 12.5. The van der Waals surface area contributed by atoms with Crippen LogP contribution in [-0.2, 0) is 4.74 Å². The molecule has 1 aliphatic heterocycles. The number of ether oxygens (including phenoxy) is 1. The number of hydrogen-bond acceptors (Lipinski definition) is 2. The zero-order valence-corrected chi connectivity index (χ0v) is 12.5. The maximum absolute atomic E-state index is 6.23. The molecular formula is C19H21NO. The first-order chi connectivity index (χ1) is 10.3. The minimum Gasteiger partial charge on any atom is -0.350 e. The van der Waals surface area contributed by atoms with Crippen molar-refractivity contribution < 1.29 is 4.74 Å². The topological polar surface area (TPSA) is 12.5 Å². The highest BCUT2D eigenvalue weighted by Gasteiger charge is 2.36. The highest BCUT2D eigenvalue weighted by molar-refractivity contribution is 5.49. The molecule has 0 aliphatic carbocycles. The Morgan fingerprint density at radius 2 is 1.57 bits per heavy atom. The molecule has 1 fully saturated rings. The van der Waals surface area contributed by atoms with Crippen molar-refractivity contribution in [2.45, 2.75) is 25.3 Å². The molecule has 2 aromatic carbocycles. The predicted molar refractivity (Wildman–Crippen MR) is 86.8 cm³/mol. The van der Waals surface area contributed by atoms with Gasteiger partial charge in [-0.15, -0.1) is 0 Å². The maximum atomic E-state index is 6.23. The molecule has 1 heterocycles. The molecule has 0 N–H and O–H groups in total. The normalized spacial score (nSPS) is 26.5. The van der Waals surface area contributed by atoms with Gasteiger partial charge in [0.1, 0.15) is 12.3 Å². The second kappa shape index (κ2) is 6.25. The largest absolute Gasteiger partial charge is 0.350 e. The van der Waals surface area contributed by atoms with E-state index in [4.69, 9.17) is 4.74 Å². The van der Waals surface area contributed by atoms with Gasteiger partial charge in [0, 0.05) is 6.04 Å². The summed E-state index contributed by atoms with van der Waals surface area (Å²) in [5.41, 5.74) is 2.44. The van der Waals surface area contributed by atoms with Crippen LogP contribution in [0.15, 0.2) is 66.7 Å². The molecule has 2 nitrogen and oxygen atoms in total. The van der Waals surface area contributed by atoms with Gasteiger partial charge in [0.15, 0.2) is 0 Å². The summed E-state index contributed by atoms with van der Waals surface area (Å²) in [4.78, 5) is 2.27. The summed E-state index contributed by atoms with van der Waals surface area (Å²) in [7, 11) is 2.12. The molecular weight excluding hydrogens is 258 g/mol. The average Bonchev–Trinajstić information content (AvgIpc) is 2.83. The molecule has 3 atom stereocenters. The molecule has 0 amide bonds. The van der Waals surface area contributed by atoms with Crippen molar-refractivity contribution in [2.75, 3.05) is 7.05 Å². The molecule has 1 aliphatic rings. The van der Waals surface area contributed by atoms with Crippen molar-refractivity contribution in [3.63, 3.8) is 0 Å². The first-order valence-corrected chi connectivity index (χ1v) is 7.41. The molecule has 108 valence electrons. The molecule has 3 rings (SSSR count). The lowest BCUT2D eigenvalue weighted by atomic mass is 10.0. The molecule has 2 aromatic rings. The van der Waals surface area contributed by atoms with E-state index in [9.17, 15) is 0 Å². The van der Waals surface area contributed by atoms with E-state index in [2.05, 4.69) is 67.4 Å². The van der Waals surface area contributed by atoms with Crippen LogP contribution in [0.5, 0.6) is 0 Å². The molecule has 0 saturated carbocycles. The summed E-state index contributed by atoms with van der Waals surface area (Å²) in [6.45, 7) is 2.22. The third-order valence-electron chi connectivity index (χ3n) is 4.15. The van der Waals surface area contributed by atoms with Gasteiger partial charge in [0.25, 0.3) is 0 Å². The van der Waals surface area contributed by atoms with Crippen LogP contribution in [0.4, 0.5) is 0 Å². The van der Waals surface area contributed by atoms with Crippen LogP contribution >= 0.6 is 0 Å². The lowest BCUT2D eigenvalue weighted by Gasteiger charge is -2.19. The van der Waals surface area contributed by atoms with Crippen molar-refractivity contribution >= 4 is 6.08 Å². The molecule has 0 radical (unpaired) electrons. The lowest BCUT2D eigenvalue weighted by Crippen LogP contribution is -2.30. The quantitative estimate of drug-likeness (QED) is 0.838.